The van der Waals surface area contributed by atoms with Crippen molar-refractivity contribution in [3.63, 3.8) is 0 Å². The summed E-state index contributed by atoms with van der Waals surface area (Å²) in [5.74, 6) is 0.754. The van der Waals surface area contributed by atoms with E-state index in [0.29, 0.717) is 0 Å². The van der Waals surface area contributed by atoms with Crippen LogP contribution in [0.2, 0.25) is 0 Å². The Kier molecular flexibility index (Phi) is 7.56. The maximum atomic E-state index is 5.98. The molecule has 0 fully saturated rings. The molecule has 0 spiro atoms. The molecule has 3 heteroatoms. The summed E-state index contributed by atoms with van der Waals surface area (Å²) in [5.41, 5.74) is 1.23. The molecule has 0 aliphatic rings. The average Bonchev–Trinajstić information content (AvgIpc) is 2.34. The van der Waals surface area contributed by atoms with Crippen LogP contribution in [0.15, 0.2) is 28.7 Å². The summed E-state index contributed by atoms with van der Waals surface area (Å²) < 4.78 is 7.09. The zero-order valence-electron chi connectivity index (χ0n) is 11.6. The number of rotatable bonds is 8. The van der Waals surface area contributed by atoms with E-state index in [9.17, 15) is 0 Å². The number of likely N-dealkylation sites (N-methyl/N-ethyl adjacent to an activating group) is 1. The van der Waals surface area contributed by atoms with Gasteiger partial charge in [-0.1, -0.05) is 41.9 Å². The Morgan fingerprint density at radius 1 is 1.22 bits per heavy atom. The molecular weight excluding hydrogens is 290 g/mol. The van der Waals surface area contributed by atoms with Crippen LogP contribution in [0.3, 0.4) is 0 Å². The zero-order valence-corrected chi connectivity index (χ0v) is 13.2. The second-order valence-corrected chi connectivity index (χ2v) is 5.92. The lowest BCUT2D eigenvalue weighted by molar-refractivity contribution is 0.0500. The molecule has 1 atom stereocenters. The van der Waals surface area contributed by atoms with Crippen LogP contribution in [-0.2, 0) is 4.74 Å². The van der Waals surface area contributed by atoms with Crippen LogP contribution in [0.5, 0.6) is 0 Å². The summed E-state index contributed by atoms with van der Waals surface area (Å²) in [4.78, 5) is 0. The largest absolute Gasteiger partial charge is 0.372 e. The molecule has 0 saturated carbocycles. The fourth-order valence-corrected chi connectivity index (χ4v) is 2.12. The van der Waals surface area contributed by atoms with Crippen LogP contribution < -0.4 is 5.32 Å². The predicted octanol–water partition coefficient (Wildman–Crippen LogP) is 4.16. The number of nitrogens with one attached hydrogen (secondary N) is 1. The van der Waals surface area contributed by atoms with Crippen LogP contribution >= 0.6 is 15.9 Å². The van der Waals surface area contributed by atoms with Gasteiger partial charge in [-0.2, -0.15) is 0 Å². The van der Waals surface area contributed by atoms with Crippen molar-refractivity contribution in [2.75, 3.05) is 20.2 Å². The monoisotopic (exact) mass is 313 g/mol. The normalized spacial score (nSPS) is 12.9. The van der Waals surface area contributed by atoms with E-state index < -0.39 is 0 Å². The molecule has 0 aliphatic carbocycles. The molecule has 0 aliphatic heterocycles. The average molecular weight is 314 g/mol. The number of hydrogen-bond acceptors (Lipinski definition) is 2. The number of halogens is 1. The highest BCUT2D eigenvalue weighted by Crippen LogP contribution is 2.20. The minimum atomic E-state index is 0.148. The lowest BCUT2D eigenvalue weighted by atomic mass is 10.1. The van der Waals surface area contributed by atoms with E-state index in [-0.39, 0.29) is 6.10 Å². The fourth-order valence-electron chi connectivity index (χ4n) is 1.85. The standard InChI is InChI=1S/C15H24BrNO/c1-12(2)5-4-10-18-15(11-17-3)13-6-8-14(16)9-7-13/h6-9,12,15,17H,4-5,10-11H2,1-3H3. The minimum Gasteiger partial charge on any atom is -0.372 e. The molecule has 18 heavy (non-hydrogen) atoms. The molecule has 1 N–H and O–H groups in total. The Morgan fingerprint density at radius 3 is 2.44 bits per heavy atom. The molecule has 1 rings (SSSR count). The highest BCUT2D eigenvalue weighted by atomic mass is 79.9. The van der Waals surface area contributed by atoms with Gasteiger partial charge in [0.05, 0.1) is 6.10 Å². The van der Waals surface area contributed by atoms with Crippen molar-refractivity contribution in [3.05, 3.63) is 34.3 Å². The maximum Gasteiger partial charge on any atom is 0.0949 e. The molecule has 0 radical (unpaired) electrons. The summed E-state index contributed by atoms with van der Waals surface area (Å²) in [6.45, 7) is 6.18. The van der Waals surface area contributed by atoms with Crippen molar-refractivity contribution >= 4 is 15.9 Å². The van der Waals surface area contributed by atoms with Crippen molar-refractivity contribution < 1.29 is 4.74 Å². The predicted molar refractivity (Wildman–Crippen MR) is 80.8 cm³/mol. The highest BCUT2D eigenvalue weighted by Gasteiger charge is 2.10. The summed E-state index contributed by atoms with van der Waals surface area (Å²) in [7, 11) is 1.96. The molecule has 0 saturated heterocycles. The Labute approximate surface area is 119 Å². The summed E-state index contributed by atoms with van der Waals surface area (Å²) in [6, 6.07) is 8.37. The van der Waals surface area contributed by atoms with Gasteiger partial charge in [0, 0.05) is 17.6 Å². The van der Waals surface area contributed by atoms with E-state index in [1.165, 1.54) is 12.0 Å². The molecule has 1 aromatic rings. The Hall–Kier alpha value is -0.380. The molecule has 1 aromatic carbocycles. The second-order valence-electron chi connectivity index (χ2n) is 5.00. The summed E-state index contributed by atoms with van der Waals surface area (Å²) in [6.07, 6.45) is 2.51. The Balaban J connectivity index is 2.46. The minimum absolute atomic E-state index is 0.148. The van der Waals surface area contributed by atoms with E-state index in [0.717, 1.165) is 30.0 Å². The first-order valence-corrected chi connectivity index (χ1v) is 7.44. The van der Waals surface area contributed by atoms with Crippen molar-refractivity contribution in [1.29, 1.82) is 0 Å². The van der Waals surface area contributed by atoms with Gasteiger partial charge in [-0.3, -0.25) is 0 Å². The lowest BCUT2D eigenvalue weighted by Crippen LogP contribution is -2.20. The van der Waals surface area contributed by atoms with Crippen LogP contribution in [0, 0.1) is 5.92 Å². The van der Waals surface area contributed by atoms with Gasteiger partial charge in [-0.15, -0.1) is 0 Å². The van der Waals surface area contributed by atoms with E-state index in [1.807, 2.05) is 7.05 Å². The van der Waals surface area contributed by atoms with E-state index in [2.05, 4.69) is 59.4 Å². The molecule has 1 unspecified atom stereocenters. The van der Waals surface area contributed by atoms with Crippen LogP contribution in [-0.4, -0.2) is 20.2 Å². The summed E-state index contributed by atoms with van der Waals surface area (Å²) in [5, 5.41) is 3.19. The Morgan fingerprint density at radius 2 is 1.89 bits per heavy atom. The maximum absolute atomic E-state index is 5.98. The van der Waals surface area contributed by atoms with Gasteiger partial charge in [0.2, 0.25) is 0 Å². The van der Waals surface area contributed by atoms with Gasteiger partial charge >= 0.3 is 0 Å². The van der Waals surface area contributed by atoms with Crippen LogP contribution in [0.25, 0.3) is 0 Å². The van der Waals surface area contributed by atoms with Crippen LogP contribution in [0.4, 0.5) is 0 Å². The zero-order chi connectivity index (χ0) is 13.4. The topological polar surface area (TPSA) is 21.3 Å². The first-order valence-electron chi connectivity index (χ1n) is 6.65. The molecule has 102 valence electrons. The smallest absolute Gasteiger partial charge is 0.0949 e. The van der Waals surface area contributed by atoms with E-state index in [1.54, 1.807) is 0 Å². The van der Waals surface area contributed by atoms with Crippen molar-refractivity contribution in [3.8, 4) is 0 Å². The van der Waals surface area contributed by atoms with E-state index in [4.69, 9.17) is 4.74 Å². The third-order valence-electron chi connectivity index (χ3n) is 2.88. The van der Waals surface area contributed by atoms with Gasteiger partial charge in [-0.25, -0.2) is 0 Å². The SMILES string of the molecule is CNCC(OCCCC(C)C)c1ccc(Br)cc1. The van der Waals surface area contributed by atoms with Gasteiger partial charge in [0.15, 0.2) is 0 Å². The highest BCUT2D eigenvalue weighted by molar-refractivity contribution is 9.10. The molecule has 0 heterocycles. The third kappa shape index (κ3) is 5.98. The molecule has 0 amide bonds. The summed E-state index contributed by atoms with van der Waals surface area (Å²) >= 11 is 3.46. The lowest BCUT2D eigenvalue weighted by Gasteiger charge is -2.18. The Bertz CT molecular complexity index is 324. The van der Waals surface area contributed by atoms with Crippen molar-refractivity contribution in [2.45, 2.75) is 32.8 Å². The second kappa shape index (κ2) is 8.68. The molecule has 0 bridgehead atoms. The molecule has 2 nitrogen and oxygen atoms in total. The fraction of sp³-hybridized carbons (Fsp3) is 0.600. The first kappa shape index (κ1) is 15.7. The molecular formula is C15H24BrNO. The van der Waals surface area contributed by atoms with Gasteiger partial charge < -0.3 is 10.1 Å². The van der Waals surface area contributed by atoms with E-state index >= 15 is 0 Å². The number of ether oxygens (including phenoxy) is 1. The number of hydrogen-bond donors (Lipinski definition) is 1. The van der Waals surface area contributed by atoms with Gasteiger partial charge in [-0.05, 0) is 43.5 Å². The first-order chi connectivity index (χ1) is 8.63. The van der Waals surface area contributed by atoms with Gasteiger partial charge in [0.1, 0.15) is 0 Å². The number of benzene rings is 1. The van der Waals surface area contributed by atoms with Crippen LogP contribution in [0.1, 0.15) is 38.4 Å². The van der Waals surface area contributed by atoms with Crippen molar-refractivity contribution in [2.24, 2.45) is 5.92 Å². The van der Waals surface area contributed by atoms with Gasteiger partial charge in [0.25, 0.3) is 0 Å². The van der Waals surface area contributed by atoms with Crippen molar-refractivity contribution in [1.82, 2.24) is 5.32 Å². The molecule has 0 aromatic heterocycles. The quantitative estimate of drug-likeness (QED) is 0.727. The third-order valence-corrected chi connectivity index (χ3v) is 3.40.